The van der Waals surface area contributed by atoms with Crippen molar-refractivity contribution in [2.45, 2.75) is 38.1 Å². The number of hydrogen-bond acceptors (Lipinski definition) is 5. The normalized spacial score (nSPS) is 19.3. The fourth-order valence-electron chi connectivity index (χ4n) is 3.50. The zero-order valence-electron chi connectivity index (χ0n) is 16.6. The Balaban J connectivity index is 1.35. The minimum Gasteiger partial charge on any atom is -0.356 e. The molecule has 156 valence electrons. The van der Waals surface area contributed by atoms with Crippen LogP contribution in [0.4, 0.5) is 5.82 Å². The predicted molar refractivity (Wildman–Crippen MR) is 113 cm³/mol. The Labute approximate surface area is 168 Å². The van der Waals surface area contributed by atoms with Crippen molar-refractivity contribution < 1.29 is 8.42 Å². The lowest BCUT2D eigenvalue weighted by Gasteiger charge is -2.33. The molecule has 2 heterocycles. The lowest BCUT2D eigenvalue weighted by molar-refractivity contribution is 0.316. The van der Waals surface area contributed by atoms with Crippen molar-refractivity contribution in [2.24, 2.45) is 10.9 Å². The molecule has 9 heteroatoms. The smallest absolute Gasteiger partial charge is 0.213 e. The van der Waals surface area contributed by atoms with Crippen LogP contribution in [0.2, 0.25) is 0 Å². The summed E-state index contributed by atoms with van der Waals surface area (Å²) in [6.45, 7) is 2.78. The molecule has 2 fully saturated rings. The Morgan fingerprint density at radius 3 is 2.64 bits per heavy atom. The van der Waals surface area contributed by atoms with Crippen LogP contribution in [0.3, 0.4) is 0 Å². The standard InChI is InChI=1S/C19H32N6O2S/c1-20-19(22-11-14-28(26,27)23-15-16-5-4-6-16)24-17-8-12-25(13-9-17)18-7-2-3-10-21-18/h2-3,7,10,16-17,23H,4-6,8-9,11-15H2,1H3,(H2,20,22,24). The van der Waals surface area contributed by atoms with Gasteiger partial charge in [0.15, 0.2) is 5.96 Å². The van der Waals surface area contributed by atoms with Crippen LogP contribution in [0.15, 0.2) is 29.4 Å². The molecule has 3 rings (SSSR count). The van der Waals surface area contributed by atoms with E-state index in [9.17, 15) is 8.42 Å². The van der Waals surface area contributed by atoms with E-state index in [-0.39, 0.29) is 5.75 Å². The number of aromatic nitrogens is 1. The van der Waals surface area contributed by atoms with Gasteiger partial charge in [-0.3, -0.25) is 4.99 Å². The van der Waals surface area contributed by atoms with E-state index in [1.54, 1.807) is 7.05 Å². The lowest BCUT2D eigenvalue weighted by Crippen LogP contribution is -2.49. The van der Waals surface area contributed by atoms with Gasteiger partial charge in [-0.1, -0.05) is 12.5 Å². The third kappa shape index (κ3) is 6.34. The molecule has 1 aliphatic carbocycles. The fraction of sp³-hybridized carbons (Fsp3) is 0.684. The SMILES string of the molecule is CN=C(NCCS(=O)(=O)NCC1CCC1)NC1CCN(c2ccccn2)CC1. The maximum absolute atomic E-state index is 12.1. The highest BCUT2D eigenvalue weighted by Crippen LogP contribution is 2.25. The first kappa shape index (κ1) is 20.9. The first-order valence-corrected chi connectivity index (χ1v) is 11.8. The van der Waals surface area contributed by atoms with Gasteiger partial charge in [0.2, 0.25) is 10.0 Å². The average molecular weight is 409 g/mol. The summed E-state index contributed by atoms with van der Waals surface area (Å²) in [7, 11) is -1.53. The van der Waals surface area contributed by atoms with Gasteiger partial charge in [0.25, 0.3) is 0 Å². The molecular formula is C19H32N6O2S. The quantitative estimate of drug-likeness (QED) is 0.437. The van der Waals surface area contributed by atoms with Crippen molar-refractivity contribution >= 4 is 21.8 Å². The molecular weight excluding hydrogens is 376 g/mol. The number of nitrogens with one attached hydrogen (secondary N) is 3. The first-order chi connectivity index (χ1) is 13.6. The van der Waals surface area contributed by atoms with E-state index in [0.717, 1.165) is 44.6 Å². The minimum absolute atomic E-state index is 0.0541. The number of aliphatic imine (C=N–C) groups is 1. The summed E-state index contributed by atoms with van der Waals surface area (Å²) in [6.07, 6.45) is 7.28. The molecule has 0 atom stereocenters. The van der Waals surface area contributed by atoms with Gasteiger partial charge in [0.05, 0.1) is 5.75 Å². The molecule has 3 N–H and O–H groups in total. The summed E-state index contributed by atoms with van der Waals surface area (Å²) < 4.78 is 26.9. The highest BCUT2D eigenvalue weighted by atomic mass is 32.2. The summed E-state index contributed by atoms with van der Waals surface area (Å²) in [5.41, 5.74) is 0. The number of guanidine groups is 1. The molecule has 8 nitrogen and oxygen atoms in total. The lowest BCUT2D eigenvalue weighted by atomic mass is 9.86. The number of pyridine rings is 1. The third-order valence-electron chi connectivity index (χ3n) is 5.51. The molecule has 28 heavy (non-hydrogen) atoms. The fourth-order valence-corrected chi connectivity index (χ4v) is 4.50. The largest absolute Gasteiger partial charge is 0.356 e. The van der Waals surface area contributed by atoms with E-state index in [1.165, 1.54) is 6.42 Å². The van der Waals surface area contributed by atoms with Gasteiger partial charge >= 0.3 is 0 Å². The van der Waals surface area contributed by atoms with Crippen molar-refractivity contribution in [1.29, 1.82) is 0 Å². The van der Waals surface area contributed by atoms with E-state index in [2.05, 4.69) is 30.2 Å². The van der Waals surface area contributed by atoms with Crippen LogP contribution in [0.5, 0.6) is 0 Å². The Bertz CT molecular complexity index is 728. The van der Waals surface area contributed by atoms with E-state index < -0.39 is 10.0 Å². The van der Waals surface area contributed by atoms with Crippen molar-refractivity contribution in [2.75, 3.05) is 43.9 Å². The summed E-state index contributed by atoms with van der Waals surface area (Å²) >= 11 is 0. The van der Waals surface area contributed by atoms with Crippen molar-refractivity contribution in [1.82, 2.24) is 20.3 Å². The topological polar surface area (TPSA) is 98.7 Å². The van der Waals surface area contributed by atoms with Crippen LogP contribution in [0, 0.1) is 5.92 Å². The molecule has 1 aromatic heterocycles. The number of piperidine rings is 1. The second-order valence-electron chi connectivity index (χ2n) is 7.56. The van der Waals surface area contributed by atoms with Gasteiger partial charge in [-0.15, -0.1) is 0 Å². The van der Waals surface area contributed by atoms with Crippen molar-refractivity contribution in [3.05, 3.63) is 24.4 Å². The number of hydrogen-bond donors (Lipinski definition) is 3. The summed E-state index contributed by atoms with van der Waals surface area (Å²) in [6, 6.07) is 6.29. The van der Waals surface area contributed by atoms with Crippen LogP contribution in [-0.4, -0.2) is 64.4 Å². The molecule has 1 saturated heterocycles. The predicted octanol–water partition coefficient (Wildman–Crippen LogP) is 0.935. The highest BCUT2D eigenvalue weighted by Gasteiger charge is 2.22. The van der Waals surface area contributed by atoms with Gasteiger partial charge in [0.1, 0.15) is 5.82 Å². The molecule has 0 amide bonds. The van der Waals surface area contributed by atoms with E-state index in [0.29, 0.717) is 31.0 Å². The Morgan fingerprint density at radius 2 is 2.04 bits per heavy atom. The molecule has 1 aliphatic heterocycles. The molecule has 2 aliphatic rings. The summed E-state index contributed by atoms with van der Waals surface area (Å²) in [4.78, 5) is 10.9. The average Bonchev–Trinajstić information content (AvgIpc) is 2.67. The van der Waals surface area contributed by atoms with Gasteiger partial charge < -0.3 is 15.5 Å². The zero-order valence-corrected chi connectivity index (χ0v) is 17.4. The molecule has 0 unspecified atom stereocenters. The van der Waals surface area contributed by atoms with Gasteiger partial charge in [0, 0.05) is 45.5 Å². The summed E-state index contributed by atoms with van der Waals surface area (Å²) in [5.74, 6) is 2.25. The molecule has 0 radical (unpaired) electrons. The highest BCUT2D eigenvalue weighted by molar-refractivity contribution is 7.89. The molecule has 0 spiro atoms. The summed E-state index contributed by atoms with van der Waals surface area (Å²) in [5, 5.41) is 6.53. The number of anilines is 1. The maximum atomic E-state index is 12.1. The van der Waals surface area contributed by atoms with Crippen LogP contribution in [0.1, 0.15) is 32.1 Å². The monoisotopic (exact) mass is 408 g/mol. The van der Waals surface area contributed by atoms with E-state index in [4.69, 9.17) is 0 Å². The molecule has 0 aromatic carbocycles. The van der Waals surface area contributed by atoms with Gasteiger partial charge in [-0.25, -0.2) is 18.1 Å². The zero-order chi connectivity index (χ0) is 19.8. The number of nitrogens with zero attached hydrogens (tertiary/aromatic N) is 3. The molecule has 1 saturated carbocycles. The second kappa shape index (κ2) is 10.1. The Morgan fingerprint density at radius 1 is 1.25 bits per heavy atom. The minimum atomic E-state index is -3.24. The first-order valence-electron chi connectivity index (χ1n) is 10.2. The van der Waals surface area contributed by atoms with Gasteiger partial charge in [-0.2, -0.15) is 0 Å². The Hall–Kier alpha value is -1.87. The molecule has 0 bridgehead atoms. The third-order valence-corrected chi connectivity index (χ3v) is 6.86. The van der Waals surface area contributed by atoms with Crippen molar-refractivity contribution in [3.8, 4) is 0 Å². The van der Waals surface area contributed by atoms with Crippen LogP contribution >= 0.6 is 0 Å². The number of sulfonamides is 1. The Kier molecular flexibility index (Phi) is 7.50. The van der Waals surface area contributed by atoms with Crippen LogP contribution < -0.4 is 20.3 Å². The van der Waals surface area contributed by atoms with Crippen molar-refractivity contribution in [3.63, 3.8) is 0 Å². The van der Waals surface area contributed by atoms with Gasteiger partial charge in [-0.05, 0) is 43.7 Å². The number of rotatable bonds is 8. The van der Waals surface area contributed by atoms with Crippen LogP contribution in [-0.2, 0) is 10.0 Å². The maximum Gasteiger partial charge on any atom is 0.213 e. The van der Waals surface area contributed by atoms with E-state index in [1.807, 2.05) is 24.4 Å². The molecule has 1 aromatic rings. The van der Waals surface area contributed by atoms with E-state index >= 15 is 0 Å². The second-order valence-corrected chi connectivity index (χ2v) is 9.48. The van der Waals surface area contributed by atoms with Crippen LogP contribution in [0.25, 0.3) is 0 Å².